The molecule has 0 aromatic rings. The highest BCUT2D eigenvalue weighted by Crippen LogP contribution is 2.55. The van der Waals surface area contributed by atoms with E-state index in [0.29, 0.717) is 19.6 Å². The maximum Gasteiger partial charge on any atom is 0.357 e. The van der Waals surface area contributed by atoms with Crippen LogP contribution in [0.25, 0.3) is 0 Å². The van der Waals surface area contributed by atoms with Gasteiger partial charge in [-0.05, 0) is 38.9 Å². The van der Waals surface area contributed by atoms with Crippen molar-refractivity contribution in [3.05, 3.63) is 0 Å². The van der Waals surface area contributed by atoms with E-state index in [1.54, 1.807) is 0 Å². The fourth-order valence-corrected chi connectivity index (χ4v) is 5.60. The van der Waals surface area contributed by atoms with Gasteiger partial charge < -0.3 is 13.5 Å². The summed E-state index contributed by atoms with van der Waals surface area (Å²) in [7, 11) is -4.91. The summed E-state index contributed by atoms with van der Waals surface area (Å²) in [5.74, 6) is -0.428. The van der Waals surface area contributed by atoms with Crippen molar-refractivity contribution < 1.29 is 18.0 Å². The Morgan fingerprint density at radius 1 is 1.00 bits per heavy atom. The van der Waals surface area contributed by atoms with Gasteiger partial charge in [0.2, 0.25) is 0 Å². The molecule has 0 rings (SSSR count). The van der Waals surface area contributed by atoms with Crippen molar-refractivity contribution in [3.63, 3.8) is 0 Å². The molecule has 0 aliphatic carbocycles. The van der Waals surface area contributed by atoms with Crippen molar-refractivity contribution in [2.75, 3.05) is 13.2 Å². The molecule has 0 saturated carbocycles. The molecule has 6 heteroatoms. The highest BCUT2D eigenvalue weighted by Gasteiger charge is 2.38. The second-order valence-corrected chi connectivity index (χ2v) is 11.9. The molecule has 4 nitrogen and oxygen atoms in total. The Kier molecular flexibility index (Phi) is 8.64. The lowest BCUT2D eigenvalue weighted by molar-refractivity contribution is 0.147. The molecule has 18 heavy (non-hydrogen) atoms. The molecule has 1 atom stereocenters. The predicted molar refractivity (Wildman–Crippen MR) is 78.6 cm³/mol. The summed E-state index contributed by atoms with van der Waals surface area (Å²) in [6, 6.07) is 0. The largest absolute Gasteiger partial charge is 0.404 e. The molecular weight excluding hydrogens is 267 g/mol. The zero-order valence-electron chi connectivity index (χ0n) is 12.7. The van der Waals surface area contributed by atoms with Crippen LogP contribution in [-0.2, 0) is 18.0 Å². The monoisotopic (exact) mass is 296 g/mol. The van der Waals surface area contributed by atoms with Crippen LogP contribution >= 0.6 is 7.60 Å². The molecule has 0 aromatic carbocycles. The minimum absolute atomic E-state index is 0.428. The first-order valence-electron chi connectivity index (χ1n) is 6.85. The van der Waals surface area contributed by atoms with Gasteiger partial charge in [0, 0.05) is 0 Å². The van der Waals surface area contributed by atoms with Gasteiger partial charge >= 0.3 is 7.60 Å². The Bertz CT molecular complexity index is 253. The van der Waals surface area contributed by atoms with Gasteiger partial charge in [-0.2, -0.15) is 0 Å². The summed E-state index contributed by atoms with van der Waals surface area (Å²) in [5.41, 5.74) is 0. The molecule has 0 heterocycles. The van der Waals surface area contributed by atoms with Crippen LogP contribution in [0.15, 0.2) is 0 Å². The van der Waals surface area contributed by atoms with Gasteiger partial charge in [0.15, 0.2) is 8.32 Å². The molecule has 1 unspecified atom stereocenters. The van der Waals surface area contributed by atoms with E-state index in [9.17, 15) is 4.57 Å². The Balaban J connectivity index is 4.82. The van der Waals surface area contributed by atoms with Crippen LogP contribution in [0.1, 0.15) is 40.0 Å². The molecule has 0 bridgehead atoms. The molecular formula is C12H29O4PSi. The second kappa shape index (κ2) is 8.49. The SMILES string of the molecule is CCCOP(=O)(OCCC)C(CC)O[Si](C)(C)C. The summed E-state index contributed by atoms with van der Waals surface area (Å²) >= 11 is 0. The topological polar surface area (TPSA) is 44.8 Å². The van der Waals surface area contributed by atoms with Gasteiger partial charge in [-0.25, -0.2) is 0 Å². The Morgan fingerprint density at radius 2 is 1.44 bits per heavy atom. The molecule has 0 fully saturated rings. The van der Waals surface area contributed by atoms with Crippen LogP contribution in [-0.4, -0.2) is 27.4 Å². The van der Waals surface area contributed by atoms with Crippen LogP contribution in [0.4, 0.5) is 0 Å². The van der Waals surface area contributed by atoms with Crippen LogP contribution in [0.2, 0.25) is 19.6 Å². The van der Waals surface area contributed by atoms with Crippen molar-refractivity contribution in [1.82, 2.24) is 0 Å². The first-order chi connectivity index (χ1) is 8.29. The normalized spacial score (nSPS) is 14.8. The molecule has 0 N–H and O–H groups in total. The number of rotatable bonds is 10. The molecule has 0 saturated heterocycles. The smallest absolute Gasteiger partial charge is 0.357 e. The van der Waals surface area contributed by atoms with Crippen molar-refractivity contribution in [3.8, 4) is 0 Å². The van der Waals surface area contributed by atoms with Crippen molar-refractivity contribution in [2.45, 2.75) is 65.5 Å². The highest BCUT2D eigenvalue weighted by molar-refractivity contribution is 7.54. The van der Waals surface area contributed by atoms with Gasteiger partial charge in [0.05, 0.1) is 13.2 Å². The lowest BCUT2D eigenvalue weighted by Crippen LogP contribution is -2.32. The minimum atomic E-state index is -3.15. The molecule has 0 amide bonds. The van der Waals surface area contributed by atoms with Gasteiger partial charge in [0.1, 0.15) is 5.85 Å². The van der Waals surface area contributed by atoms with Gasteiger partial charge in [-0.15, -0.1) is 0 Å². The fourth-order valence-electron chi connectivity index (χ4n) is 1.42. The van der Waals surface area contributed by atoms with E-state index < -0.39 is 21.8 Å². The quantitative estimate of drug-likeness (QED) is 0.436. The highest BCUT2D eigenvalue weighted by atomic mass is 31.2. The molecule has 0 aliphatic rings. The average molecular weight is 296 g/mol. The molecule has 0 spiro atoms. The van der Waals surface area contributed by atoms with Gasteiger partial charge in [-0.3, -0.25) is 4.57 Å². The van der Waals surface area contributed by atoms with Crippen LogP contribution in [0.3, 0.4) is 0 Å². The van der Waals surface area contributed by atoms with E-state index in [1.165, 1.54) is 0 Å². The predicted octanol–water partition coefficient (Wildman–Crippen LogP) is 4.62. The van der Waals surface area contributed by atoms with E-state index in [1.807, 2.05) is 20.8 Å². The van der Waals surface area contributed by atoms with E-state index in [2.05, 4.69) is 19.6 Å². The van der Waals surface area contributed by atoms with E-state index in [0.717, 1.165) is 12.8 Å². The van der Waals surface area contributed by atoms with E-state index >= 15 is 0 Å². The second-order valence-electron chi connectivity index (χ2n) is 5.30. The third kappa shape index (κ3) is 7.05. The van der Waals surface area contributed by atoms with Crippen LogP contribution < -0.4 is 0 Å². The standard InChI is InChI=1S/C12H29O4PSi/c1-7-10-14-17(13,15-11-8-2)12(9-3)16-18(4,5)6/h12H,7-11H2,1-6H3. The summed E-state index contributed by atoms with van der Waals surface area (Å²) in [6.07, 6.45) is 2.29. The maximum atomic E-state index is 12.8. The van der Waals surface area contributed by atoms with Crippen LogP contribution in [0, 0.1) is 0 Å². The number of hydrogen-bond donors (Lipinski definition) is 0. The molecule has 0 aliphatic heterocycles. The van der Waals surface area contributed by atoms with Gasteiger partial charge in [0.25, 0.3) is 0 Å². The molecule has 0 aromatic heterocycles. The van der Waals surface area contributed by atoms with Crippen molar-refractivity contribution in [2.24, 2.45) is 0 Å². The van der Waals surface area contributed by atoms with E-state index in [4.69, 9.17) is 13.5 Å². The third-order valence-electron chi connectivity index (χ3n) is 2.14. The zero-order valence-corrected chi connectivity index (χ0v) is 14.6. The Labute approximate surface area is 113 Å². The molecule has 0 radical (unpaired) electrons. The summed E-state index contributed by atoms with van der Waals surface area (Å²) in [5, 5.41) is 0. The zero-order chi connectivity index (χ0) is 14.2. The van der Waals surface area contributed by atoms with Crippen LogP contribution in [0.5, 0.6) is 0 Å². The van der Waals surface area contributed by atoms with Crippen molar-refractivity contribution >= 4 is 15.9 Å². The summed E-state index contributed by atoms with van der Waals surface area (Å²) < 4.78 is 29.8. The lowest BCUT2D eigenvalue weighted by Gasteiger charge is -2.31. The Morgan fingerprint density at radius 3 is 1.72 bits per heavy atom. The lowest BCUT2D eigenvalue weighted by atomic mass is 10.5. The fraction of sp³-hybridized carbons (Fsp3) is 1.00. The first-order valence-corrected chi connectivity index (χ1v) is 11.9. The average Bonchev–Trinajstić information content (AvgIpc) is 2.29. The first kappa shape index (κ1) is 18.3. The maximum absolute atomic E-state index is 12.8. The summed E-state index contributed by atoms with van der Waals surface area (Å²) in [4.78, 5) is 0. The molecule has 110 valence electrons. The summed E-state index contributed by atoms with van der Waals surface area (Å²) in [6.45, 7) is 13.1. The van der Waals surface area contributed by atoms with Gasteiger partial charge in [-0.1, -0.05) is 20.8 Å². The number of hydrogen-bond acceptors (Lipinski definition) is 4. The Hall–Kier alpha value is 0.327. The third-order valence-corrected chi connectivity index (χ3v) is 5.59. The van der Waals surface area contributed by atoms with E-state index in [-0.39, 0.29) is 0 Å². The van der Waals surface area contributed by atoms with Crippen molar-refractivity contribution in [1.29, 1.82) is 0 Å². The minimum Gasteiger partial charge on any atom is -0.404 e.